The van der Waals surface area contributed by atoms with Crippen LogP contribution < -0.4 is 0 Å². The molecule has 1 saturated carbocycles. The summed E-state index contributed by atoms with van der Waals surface area (Å²) in [6, 6.07) is 10.8. The summed E-state index contributed by atoms with van der Waals surface area (Å²) in [6.07, 6.45) is 2.71. The molecule has 0 saturated heterocycles. The summed E-state index contributed by atoms with van der Waals surface area (Å²) in [5.74, 6) is 2.45. The first kappa shape index (κ1) is 13.9. The Balaban J connectivity index is 2.11. The SMILES string of the molecule is CN(C)C(=NCC(c1ccccc1)C1CC1)N(C)C. The number of hydrogen-bond acceptors (Lipinski definition) is 1. The van der Waals surface area contributed by atoms with Gasteiger partial charge in [-0.05, 0) is 24.3 Å². The van der Waals surface area contributed by atoms with Crippen LogP contribution in [0.5, 0.6) is 0 Å². The van der Waals surface area contributed by atoms with Crippen molar-refractivity contribution in [2.24, 2.45) is 10.9 Å². The van der Waals surface area contributed by atoms with E-state index in [2.05, 4.69) is 40.1 Å². The molecule has 1 aliphatic carbocycles. The second-order valence-corrected chi connectivity index (χ2v) is 5.78. The Morgan fingerprint density at radius 1 is 1.11 bits per heavy atom. The molecular weight excluding hydrogens is 234 g/mol. The molecule has 0 N–H and O–H groups in total. The monoisotopic (exact) mass is 259 g/mol. The van der Waals surface area contributed by atoms with Gasteiger partial charge < -0.3 is 9.80 Å². The average molecular weight is 259 g/mol. The zero-order valence-corrected chi connectivity index (χ0v) is 12.5. The summed E-state index contributed by atoms with van der Waals surface area (Å²) < 4.78 is 0. The Bertz CT molecular complexity index is 409. The Hall–Kier alpha value is -1.51. The predicted molar refractivity (Wildman–Crippen MR) is 81.6 cm³/mol. The molecule has 0 aromatic heterocycles. The summed E-state index contributed by atoms with van der Waals surface area (Å²) in [5.41, 5.74) is 1.44. The maximum Gasteiger partial charge on any atom is 0.195 e. The number of guanidine groups is 1. The molecule has 1 aromatic carbocycles. The van der Waals surface area contributed by atoms with E-state index in [0.29, 0.717) is 5.92 Å². The molecule has 19 heavy (non-hydrogen) atoms. The van der Waals surface area contributed by atoms with Crippen LogP contribution in [0.3, 0.4) is 0 Å². The van der Waals surface area contributed by atoms with E-state index in [1.54, 1.807) is 0 Å². The molecule has 104 valence electrons. The Morgan fingerprint density at radius 3 is 2.16 bits per heavy atom. The fraction of sp³-hybridized carbons (Fsp3) is 0.562. The standard InChI is InChI=1S/C16H25N3/c1-18(2)16(19(3)4)17-12-15(14-10-11-14)13-8-6-5-7-9-13/h5-9,14-15H,10-12H2,1-4H3. The molecule has 1 aliphatic rings. The van der Waals surface area contributed by atoms with Gasteiger partial charge in [-0.2, -0.15) is 0 Å². The van der Waals surface area contributed by atoms with Gasteiger partial charge in [-0.25, -0.2) is 0 Å². The average Bonchev–Trinajstić information content (AvgIpc) is 3.19. The third kappa shape index (κ3) is 3.72. The molecule has 2 rings (SSSR count). The molecule has 3 nitrogen and oxygen atoms in total. The third-order valence-corrected chi connectivity index (χ3v) is 3.65. The van der Waals surface area contributed by atoms with E-state index in [4.69, 9.17) is 4.99 Å². The fourth-order valence-corrected chi connectivity index (χ4v) is 2.59. The molecular formula is C16H25N3. The lowest BCUT2D eigenvalue weighted by Crippen LogP contribution is -2.35. The van der Waals surface area contributed by atoms with E-state index >= 15 is 0 Å². The lowest BCUT2D eigenvalue weighted by atomic mass is 9.94. The molecule has 1 fully saturated rings. The Morgan fingerprint density at radius 2 is 1.68 bits per heavy atom. The van der Waals surface area contributed by atoms with Gasteiger partial charge in [-0.3, -0.25) is 4.99 Å². The highest BCUT2D eigenvalue weighted by Crippen LogP contribution is 2.42. The van der Waals surface area contributed by atoms with Gasteiger partial charge >= 0.3 is 0 Å². The smallest absolute Gasteiger partial charge is 0.195 e. The highest BCUT2D eigenvalue weighted by Gasteiger charge is 2.32. The summed E-state index contributed by atoms with van der Waals surface area (Å²) >= 11 is 0. The summed E-state index contributed by atoms with van der Waals surface area (Å²) in [4.78, 5) is 8.99. The van der Waals surface area contributed by atoms with Gasteiger partial charge in [0, 0.05) is 40.7 Å². The van der Waals surface area contributed by atoms with Crippen molar-refractivity contribution < 1.29 is 0 Å². The normalized spacial score (nSPS) is 15.8. The van der Waals surface area contributed by atoms with Crippen LogP contribution in [0.2, 0.25) is 0 Å². The number of hydrogen-bond donors (Lipinski definition) is 0. The molecule has 0 bridgehead atoms. The van der Waals surface area contributed by atoms with Gasteiger partial charge in [0.15, 0.2) is 5.96 Å². The van der Waals surface area contributed by atoms with Crippen molar-refractivity contribution in [2.45, 2.75) is 18.8 Å². The Kier molecular flexibility index (Phi) is 4.46. The van der Waals surface area contributed by atoms with Crippen molar-refractivity contribution in [3.63, 3.8) is 0 Å². The van der Waals surface area contributed by atoms with Crippen LogP contribution in [0.4, 0.5) is 0 Å². The molecule has 0 spiro atoms. The maximum absolute atomic E-state index is 4.83. The quantitative estimate of drug-likeness (QED) is 0.611. The molecule has 0 amide bonds. The summed E-state index contributed by atoms with van der Waals surface area (Å²) in [7, 11) is 8.20. The molecule has 0 heterocycles. The first-order valence-electron chi connectivity index (χ1n) is 7.03. The van der Waals surface area contributed by atoms with Gasteiger partial charge in [0.25, 0.3) is 0 Å². The van der Waals surface area contributed by atoms with E-state index in [1.165, 1.54) is 18.4 Å². The number of benzene rings is 1. The predicted octanol–water partition coefficient (Wildman–Crippen LogP) is 2.66. The summed E-state index contributed by atoms with van der Waals surface area (Å²) in [5, 5.41) is 0. The third-order valence-electron chi connectivity index (χ3n) is 3.65. The summed E-state index contributed by atoms with van der Waals surface area (Å²) in [6.45, 7) is 0.889. The molecule has 0 radical (unpaired) electrons. The molecule has 1 atom stereocenters. The minimum Gasteiger partial charge on any atom is -0.349 e. The van der Waals surface area contributed by atoms with Crippen molar-refractivity contribution in [1.82, 2.24) is 9.80 Å². The minimum absolute atomic E-state index is 0.580. The highest BCUT2D eigenvalue weighted by atomic mass is 15.3. The van der Waals surface area contributed by atoms with Crippen LogP contribution in [0.25, 0.3) is 0 Å². The zero-order chi connectivity index (χ0) is 13.8. The minimum atomic E-state index is 0.580. The van der Waals surface area contributed by atoms with E-state index in [0.717, 1.165) is 18.4 Å². The van der Waals surface area contributed by atoms with Crippen molar-refractivity contribution in [3.8, 4) is 0 Å². The molecule has 3 heteroatoms. The lowest BCUT2D eigenvalue weighted by molar-refractivity contribution is 0.474. The number of rotatable bonds is 4. The van der Waals surface area contributed by atoms with Crippen molar-refractivity contribution in [1.29, 1.82) is 0 Å². The fourth-order valence-electron chi connectivity index (χ4n) is 2.59. The van der Waals surface area contributed by atoms with Gasteiger partial charge in [0.1, 0.15) is 0 Å². The topological polar surface area (TPSA) is 18.8 Å². The van der Waals surface area contributed by atoms with Crippen LogP contribution in [0, 0.1) is 5.92 Å². The second kappa shape index (κ2) is 6.09. The van der Waals surface area contributed by atoms with E-state index < -0.39 is 0 Å². The maximum atomic E-state index is 4.83. The van der Waals surface area contributed by atoms with Crippen LogP contribution in [0.1, 0.15) is 24.3 Å². The molecule has 1 aromatic rings. The van der Waals surface area contributed by atoms with Crippen molar-refractivity contribution in [3.05, 3.63) is 35.9 Å². The lowest BCUT2D eigenvalue weighted by Gasteiger charge is -2.24. The van der Waals surface area contributed by atoms with Gasteiger partial charge in [0.2, 0.25) is 0 Å². The Labute approximate surface area is 116 Å². The largest absolute Gasteiger partial charge is 0.349 e. The molecule has 0 aliphatic heterocycles. The van der Waals surface area contributed by atoms with Gasteiger partial charge in [-0.15, -0.1) is 0 Å². The van der Waals surface area contributed by atoms with E-state index in [9.17, 15) is 0 Å². The number of aliphatic imine (C=N–C) groups is 1. The van der Waals surface area contributed by atoms with Crippen LogP contribution >= 0.6 is 0 Å². The zero-order valence-electron chi connectivity index (χ0n) is 12.5. The van der Waals surface area contributed by atoms with Crippen LogP contribution in [-0.4, -0.2) is 50.5 Å². The van der Waals surface area contributed by atoms with Crippen molar-refractivity contribution >= 4 is 5.96 Å². The van der Waals surface area contributed by atoms with Crippen LogP contribution in [0.15, 0.2) is 35.3 Å². The van der Waals surface area contributed by atoms with Gasteiger partial charge in [-0.1, -0.05) is 30.3 Å². The van der Waals surface area contributed by atoms with E-state index in [-0.39, 0.29) is 0 Å². The first-order valence-corrected chi connectivity index (χ1v) is 7.03. The highest BCUT2D eigenvalue weighted by molar-refractivity contribution is 5.79. The second-order valence-electron chi connectivity index (χ2n) is 5.78. The number of nitrogens with zero attached hydrogens (tertiary/aromatic N) is 3. The van der Waals surface area contributed by atoms with Gasteiger partial charge in [0.05, 0.1) is 0 Å². The van der Waals surface area contributed by atoms with Crippen LogP contribution in [-0.2, 0) is 0 Å². The van der Waals surface area contributed by atoms with E-state index in [1.807, 2.05) is 28.2 Å². The first-order chi connectivity index (χ1) is 9.09. The molecule has 1 unspecified atom stereocenters. The van der Waals surface area contributed by atoms with Crippen molar-refractivity contribution in [2.75, 3.05) is 34.7 Å².